The number of carbonyl (C=O) groups excluding carboxylic acids is 2. The van der Waals surface area contributed by atoms with Crippen LogP contribution in [-0.2, 0) is 0 Å². The van der Waals surface area contributed by atoms with Gasteiger partial charge in [0.1, 0.15) is 17.2 Å². The Hall–Kier alpha value is -3.45. The van der Waals surface area contributed by atoms with Gasteiger partial charge >= 0.3 is 6.03 Å². The number of anilines is 3. The third kappa shape index (κ3) is 4.93. The van der Waals surface area contributed by atoms with Crippen LogP contribution >= 0.6 is 11.6 Å². The lowest BCUT2D eigenvalue weighted by Crippen LogP contribution is -2.35. The fraction of sp³-hybridized carbons (Fsp3) is 0.0909. The maximum atomic E-state index is 13.6. The molecule has 3 rings (SSSR count). The maximum absolute atomic E-state index is 13.6. The molecule has 8 heteroatoms. The summed E-state index contributed by atoms with van der Waals surface area (Å²) in [5.74, 6) is -3.27. The van der Waals surface area contributed by atoms with Gasteiger partial charge in [-0.25, -0.2) is 13.6 Å². The molecule has 154 valence electrons. The molecule has 0 bridgehead atoms. The van der Waals surface area contributed by atoms with Crippen molar-refractivity contribution < 1.29 is 18.4 Å². The minimum absolute atomic E-state index is 0.408. The van der Waals surface area contributed by atoms with E-state index in [1.54, 1.807) is 36.4 Å². The molecule has 0 unspecified atom stereocenters. The number of rotatable bonds is 5. The minimum Gasteiger partial charge on any atom is -0.342 e. The van der Waals surface area contributed by atoms with E-state index < -0.39 is 29.1 Å². The average molecular weight is 430 g/mol. The van der Waals surface area contributed by atoms with Crippen LogP contribution in [0, 0.1) is 11.6 Å². The number of carbonyl (C=O) groups is 2. The molecule has 0 aliphatic heterocycles. The van der Waals surface area contributed by atoms with Crippen LogP contribution in [-0.4, -0.2) is 18.5 Å². The van der Waals surface area contributed by atoms with Crippen molar-refractivity contribution >= 4 is 40.6 Å². The van der Waals surface area contributed by atoms with Crippen LogP contribution < -0.4 is 15.5 Å². The van der Waals surface area contributed by atoms with Crippen molar-refractivity contribution in [1.82, 2.24) is 5.32 Å². The summed E-state index contributed by atoms with van der Waals surface area (Å²) in [4.78, 5) is 26.1. The summed E-state index contributed by atoms with van der Waals surface area (Å²) in [7, 11) is 0. The van der Waals surface area contributed by atoms with E-state index in [-0.39, 0.29) is 0 Å². The Kier molecular flexibility index (Phi) is 6.64. The molecule has 0 aromatic heterocycles. The number of hydrogen-bond acceptors (Lipinski definition) is 3. The van der Waals surface area contributed by atoms with E-state index >= 15 is 0 Å². The fourth-order valence-electron chi connectivity index (χ4n) is 2.90. The summed E-state index contributed by atoms with van der Waals surface area (Å²) in [6.45, 7) is 2.71. The van der Waals surface area contributed by atoms with Crippen molar-refractivity contribution in [3.8, 4) is 0 Å². The van der Waals surface area contributed by atoms with Crippen LogP contribution in [0.2, 0.25) is 5.02 Å². The number of amides is 3. The highest BCUT2D eigenvalue weighted by molar-refractivity contribution is 6.30. The predicted octanol–water partition coefficient (Wildman–Crippen LogP) is 5.74. The van der Waals surface area contributed by atoms with E-state index in [1.807, 2.05) is 29.3 Å². The largest absolute Gasteiger partial charge is 0.342 e. The Morgan fingerprint density at radius 3 is 1.97 bits per heavy atom. The molecule has 0 fully saturated rings. The van der Waals surface area contributed by atoms with Crippen molar-refractivity contribution in [1.29, 1.82) is 0 Å². The Balaban J connectivity index is 1.67. The van der Waals surface area contributed by atoms with Crippen molar-refractivity contribution in [2.75, 3.05) is 16.8 Å². The Labute approximate surface area is 177 Å². The van der Waals surface area contributed by atoms with Crippen LogP contribution in [0.3, 0.4) is 0 Å². The first-order chi connectivity index (χ1) is 14.4. The van der Waals surface area contributed by atoms with Gasteiger partial charge < -0.3 is 10.2 Å². The van der Waals surface area contributed by atoms with Gasteiger partial charge in [0.05, 0.1) is 0 Å². The van der Waals surface area contributed by atoms with E-state index in [0.29, 0.717) is 17.3 Å². The molecule has 0 atom stereocenters. The summed E-state index contributed by atoms with van der Waals surface area (Å²) in [6.07, 6.45) is 0. The summed E-state index contributed by atoms with van der Waals surface area (Å²) in [5, 5.41) is 5.02. The van der Waals surface area contributed by atoms with E-state index in [4.69, 9.17) is 11.6 Å². The number of benzene rings is 3. The van der Waals surface area contributed by atoms with Gasteiger partial charge in [-0.3, -0.25) is 10.1 Å². The van der Waals surface area contributed by atoms with Gasteiger partial charge in [0.15, 0.2) is 0 Å². The van der Waals surface area contributed by atoms with E-state index in [9.17, 15) is 18.4 Å². The highest BCUT2D eigenvalue weighted by Crippen LogP contribution is 2.27. The number of urea groups is 1. The third-order valence-corrected chi connectivity index (χ3v) is 4.56. The smallest absolute Gasteiger partial charge is 0.326 e. The molecule has 5 nitrogen and oxygen atoms in total. The van der Waals surface area contributed by atoms with Crippen molar-refractivity contribution in [2.45, 2.75) is 6.92 Å². The summed E-state index contributed by atoms with van der Waals surface area (Å²) >= 11 is 5.94. The molecule has 0 radical (unpaired) electrons. The molecule has 0 saturated heterocycles. The first-order valence-electron chi connectivity index (χ1n) is 9.08. The lowest BCUT2D eigenvalue weighted by molar-refractivity contribution is 0.0959. The quantitative estimate of drug-likeness (QED) is 0.543. The second-order valence-electron chi connectivity index (χ2n) is 6.27. The average Bonchev–Trinajstić information content (AvgIpc) is 2.71. The Morgan fingerprint density at radius 2 is 1.43 bits per heavy atom. The first-order valence-corrected chi connectivity index (χ1v) is 9.46. The highest BCUT2D eigenvalue weighted by atomic mass is 35.5. The predicted molar refractivity (Wildman–Crippen MR) is 113 cm³/mol. The number of halogens is 3. The molecule has 0 heterocycles. The topological polar surface area (TPSA) is 61.4 Å². The van der Waals surface area contributed by atoms with Gasteiger partial charge in [0.2, 0.25) is 0 Å². The Bertz CT molecular complexity index is 1040. The zero-order chi connectivity index (χ0) is 21.7. The summed E-state index contributed by atoms with van der Waals surface area (Å²) < 4.78 is 27.3. The monoisotopic (exact) mass is 429 g/mol. The minimum atomic E-state index is -1.17. The normalized spacial score (nSPS) is 10.4. The van der Waals surface area contributed by atoms with Gasteiger partial charge in [-0.05, 0) is 67.6 Å². The molecule has 3 amide bonds. The van der Waals surface area contributed by atoms with Crippen LogP contribution in [0.25, 0.3) is 0 Å². The molecule has 0 aliphatic rings. The molecule has 0 saturated carbocycles. The number of nitrogens with one attached hydrogen (secondary N) is 2. The molecular weight excluding hydrogens is 412 g/mol. The van der Waals surface area contributed by atoms with Gasteiger partial charge in [-0.2, -0.15) is 0 Å². The van der Waals surface area contributed by atoms with E-state index in [2.05, 4.69) is 5.32 Å². The molecule has 30 heavy (non-hydrogen) atoms. The van der Waals surface area contributed by atoms with Crippen LogP contribution in [0.1, 0.15) is 17.3 Å². The molecule has 3 aromatic carbocycles. The van der Waals surface area contributed by atoms with Gasteiger partial charge in [-0.15, -0.1) is 0 Å². The van der Waals surface area contributed by atoms with Crippen LogP contribution in [0.4, 0.5) is 30.6 Å². The standard InChI is InChI=1S/C22H18ClF2N3O2/c1-2-28(16-10-6-14(23)7-11-16)17-12-8-15(9-13-17)26-22(30)27-21(29)20-18(24)4-3-5-19(20)25/h3-13H,2H2,1H3,(H2,26,27,29,30). The third-order valence-electron chi connectivity index (χ3n) is 4.31. The number of nitrogens with zero attached hydrogens (tertiary/aromatic N) is 1. The number of imide groups is 1. The van der Waals surface area contributed by atoms with Crippen molar-refractivity contribution in [3.63, 3.8) is 0 Å². The highest BCUT2D eigenvalue weighted by Gasteiger charge is 2.19. The van der Waals surface area contributed by atoms with Crippen LogP contribution in [0.15, 0.2) is 66.7 Å². The number of hydrogen-bond donors (Lipinski definition) is 2. The first kappa shape index (κ1) is 21.3. The van der Waals surface area contributed by atoms with Gasteiger partial charge in [0, 0.05) is 28.6 Å². The maximum Gasteiger partial charge on any atom is 0.326 e. The zero-order valence-corrected chi connectivity index (χ0v) is 16.7. The molecule has 2 N–H and O–H groups in total. The lowest BCUT2D eigenvalue weighted by atomic mass is 10.2. The van der Waals surface area contributed by atoms with Crippen molar-refractivity contribution in [3.05, 3.63) is 89.0 Å². The SMILES string of the molecule is CCN(c1ccc(Cl)cc1)c1ccc(NC(=O)NC(=O)c2c(F)cccc2F)cc1. The van der Waals surface area contributed by atoms with Gasteiger partial charge in [-0.1, -0.05) is 17.7 Å². The fourth-order valence-corrected chi connectivity index (χ4v) is 3.03. The lowest BCUT2D eigenvalue weighted by Gasteiger charge is -2.23. The van der Waals surface area contributed by atoms with E-state index in [0.717, 1.165) is 29.6 Å². The second-order valence-corrected chi connectivity index (χ2v) is 6.71. The van der Waals surface area contributed by atoms with E-state index in [1.165, 1.54) is 0 Å². The summed E-state index contributed by atoms with van der Waals surface area (Å²) in [6, 6.07) is 16.4. The molecule has 0 spiro atoms. The molecule has 0 aliphatic carbocycles. The Morgan fingerprint density at radius 1 is 0.900 bits per heavy atom. The zero-order valence-electron chi connectivity index (χ0n) is 16.0. The van der Waals surface area contributed by atoms with Crippen LogP contribution in [0.5, 0.6) is 0 Å². The van der Waals surface area contributed by atoms with Crippen molar-refractivity contribution in [2.24, 2.45) is 0 Å². The second kappa shape index (κ2) is 9.37. The summed E-state index contributed by atoms with van der Waals surface area (Å²) in [5.41, 5.74) is 1.43. The van der Waals surface area contributed by atoms with Gasteiger partial charge in [0.25, 0.3) is 5.91 Å². The molecular formula is C22H18ClF2N3O2. The molecule has 3 aromatic rings.